The second-order valence-electron chi connectivity index (χ2n) is 7.09. The molecule has 154 valence electrons. The molecule has 3 N–H and O–H groups in total. The van der Waals surface area contributed by atoms with Crippen molar-refractivity contribution in [2.24, 2.45) is 0 Å². The molecule has 4 aromatic rings. The Labute approximate surface area is 179 Å². The van der Waals surface area contributed by atoms with Crippen molar-refractivity contribution in [2.75, 3.05) is 0 Å². The van der Waals surface area contributed by atoms with Crippen LogP contribution in [0, 0.1) is 0 Å². The largest absolute Gasteiger partial charge is 0.390 e. The van der Waals surface area contributed by atoms with E-state index in [1.807, 2.05) is 48.5 Å². The molecule has 8 heteroatoms. The molecule has 4 rings (SSSR count). The Morgan fingerprint density at radius 3 is 2.50 bits per heavy atom. The zero-order valence-corrected chi connectivity index (χ0v) is 17.4. The van der Waals surface area contributed by atoms with Gasteiger partial charge in [-0.2, -0.15) is 0 Å². The molecule has 2 aromatic carbocycles. The predicted octanol–water partition coefficient (Wildman–Crippen LogP) is 4.42. The first-order valence-electron chi connectivity index (χ1n) is 9.97. The summed E-state index contributed by atoms with van der Waals surface area (Å²) >= 11 is 6.75. The van der Waals surface area contributed by atoms with Gasteiger partial charge in [0.1, 0.15) is 11.2 Å². The number of imidazole rings is 1. The minimum Gasteiger partial charge on any atom is -0.390 e. The maximum atomic E-state index is 9.72. The number of hydrogen-bond donors (Lipinski definition) is 3. The second kappa shape index (κ2) is 9.19. The first kappa shape index (κ1) is 20.3. The Balaban J connectivity index is 1.61. The number of rotatable bonds is 8. The molecule has 0 radical (unpaired) electrons. The molecule has 0 saturated heterocycles. The van der Waals surface area contributed by atoms with Crippen LogP contribution in [0.15, 0.2) is 48.5 Å². The fourth-order valence-electron chi connectivity index (χ4n) is 3.48. The van der Waals surface area contributed by atoms with E-state index in [4.69, 9.17) is 11.6 Å². The molecule has 0 spiro atoms. The van der Waals surface area contributed by atoms with E-state index in [-0.39, 0.29) is 6.61 Å². The van der Waals surface area contributed by atoms with Crippen molar-refractivity contribution >= 4 is 11.6 Å². The van der Waals surface area contributed by atoms with Crippen LogP contribution in [0.5, 0.6) is 0 Å². The molecule has 0 aliphatic carbocycles. The normalized spacial score (nSPS) is 12.2. The molecule has 0 amide bonds. The van der Waals surface area contributed by atoms with Crippen LogP contribution >= 0.6 is 11.6 Å². The maximum Gasteiger partial charge on any atom is 0.180 e. The van der Waals surface area contributed by atoms with Crippen LogP contribution in [0.4, 0.5) is 0 Å². The van der Waals surface area contributed by atoms with E-state index in [2.05, 4.69) is 37.5 Å². The number of hydrogen-bond acceptors (Lipinski definition) is 5. The fourth-order valence-corrected chi connectivity index (χ4v) is 3.80. The number of nitrogens with zero attached hydrogens (tertiary/aromatic N) is 4. The van der Waals surface area contributed by atoms with Gasteiger partial charge in [0.15, 0.2) is 5.82 Å². The molecule has 0 saturated carbocycles. The van der Waals surface area contributed by atoms with Crippen molar-refractivity contribution in [1.82, 2.24) is 30.6 Å². The predicted molar refractivity (Wildman–Crippen MR) is 116 cm³/mol. The molecule has 0 aliphatic heterocycles. The lowest BCUT2D eigenvalue weighted by molar-refractivity contribution is 0.276. The lowest BCUT2D eigenvalue weighted by Crippen LogP contribution is -1.99. The number of aliphatic hydroxyl groups is 1. The fraction of sp³-hybridized carbons (Fsp3) is 0.273. The number of aliphatic hydroxyl groups excluding tert-OH is 1. The van der Waals surface area contributed by atoms with Gasteiger partial charge in [-0.05, 0) is 33.5 Å². The van der Waals surface area contributed by atoms with Crippen molar-refractivity contribution in [3.8, 4) is 22.5 Å². The van der Waals surface area contributed by atoms with Gasteiger partial charge in [-0.15, -0.1) is 16.7 Å². The zero-order chi connectivity index (χ0) is 20.9. The highest BCUT2D eigenvalue weighted by Gasteiger charge is 2.20. The summed E-state index contributed by atoms with van der Waals surface area (Å²) in [5.41, 5.74) is 5.25. The van der Waals surface area contributed by atoms with E-state index < -0.39 is 5.38 Å². The number of aromatic amines is 2. The Kier molecular flexibility index (Phi) is 6.21. The smallest absolute Gasteiger partial charge is 0.180 e. The Hall–Kier alpha value is -3.03. The van der Waals surface area contributed by atoms with E-state index in [0.29, 0.717) is 17.2 Å². The van der Waals surface area contributed by atoms with E-state index in [0.717, 1.165) is 47.3 Å². The van der Waals surface area contributed by atoms with E-state index >= 15 is 0 Å². The first-order chi connectivity index (χ1) is 14.7. The minimum atomic E-state index is -0.443. The average molecular weight is 423 g/mol. The molecule has 7 nitrogen and oxygen atoms in total. The molecule has 1 unspecified atom stereocenters. The van der Waals surface area contributed by atoms with Gasteiger partial charge in [0.05, 0.1) is 18.0 Å². The highest BCUT2D eigenvalue weighted by Crippen LogP contribution is 2.34. The van der Waals surface area contributed by atoms with Crippen LogP contribution in [0.25, 0.3) is 22.5 Å². The van der Waals surface area contributed by atoms with Gasteiger partial charge in [0.2, 0.25) is 0 Å². The molecule has 30 heavy (non-hydrogen) atoms. The summed E-state index contributed by atoms with van der Waals surface area (Å²) in [6, 6.07) is 16.0. The van der Waals surface area contributed by atoms with Crippen LogP contribution in [-0.4, -0.2) is 35.7 Å². The Morgan fingerprint density at radius 2 is 1.83 bits per heavy atom. The van der Waals surface area contributed by atoms with Crippen molar-refractivity contribution in [1.29, 1.82) is 0 Å². The van der Waals surface area contributed by atoms with Crippen LogP contribution in [0.1, 0.15) is 47.9 Å². The molecule has 1 atom stereocenters. The number of unbranched alkanes of at least 4 members (excludes halogenated alkanes) is 1. The second-order valence-corrected chi connectivity index (χ2v) is 7.53. The third-order valence-corrected chi connectivity index (χ3v) is 5.53. The molecule has 0 aliphatic rings. The van der Waals surface area contributed by atoms with Crippen LogP contribution in [0.3, 0.4) is 0 Å². The van der Waals surface area contributed by atoms with Gasteiger partial charge >= 0.3 is 0 Å². The number of alkyl halides is 1. The Bertz CT molecular complexity index is 1090. The standard InChI is InChI=1S/C22H23ClN6O/c1-2-3-8-19-24-18(13-30)21(25-19)20(23)15-11-9-14(10-12-15)16-6-4-5-7-17(16)22-26-28-29-27-22/h4-7,9-12,20,30H,2-3,8,13H2,1H3,(H,24,25)(H,26,27,28,29). The van der Waals surface area contributed by atoms with Crippen molar-refractivity contribution in [3.05, 3.63) is 71.3 Å². The highest BCUT2D eigenvalue weighted by molar-refractivity contribution is 6.22. The lowest BCUT2D eigenvalue weighted by atomic mass is 9.97. The van der Waals surface area contributed by atoms with Crippen LogP contribution < -0.4 is 0 Å². The summed E-state index contributed by atoms with van der Waals surface area (Å²) < 4.78 is 0. The van der Waals surface area contributed by atoms with Gasteiger partial charge in [-0.3, -0.25) is 0 Å². The van der Waals surface area contributed by atoms with Gasteiger partial charge in [0, 0.05) is 12.0 Å². The third kappa shape index (κ3) is 4.13. The maximum absolute atomic E-state index is 9.72. The molecule has 2 heterocycles. The Morgan fingerprint density at radius 1 is 1.07 bits per heavy atom. The lowest BCUT2D eigenvalue weighted by Gasteiger charge is -2.11. The number of halogens is 1. The molecule has 2 aromatic heterocycles. The number of H-pyrrole nitrogens is 2. The van der Waals surface area contributed by atoms with Crippen LogP contribution in [0.2, 0.25) is 0 Å². The van der Waals surface area contributed by atoms with Crippen LogP contribution in [-0.2, 0) is 13.0 Å². The summed E-state index contributed by atoms with van der Waals surface area (Å²) in [7, 11) is 0. The first-order valence-corrected chi connectivity index (χ1v) is 10.4. The number of tetrazole rings is 1. The average Bonchev–Trinajstić information content (AvgIpc) is 3.47. The van der Waals surface area contributed by atoms with Gasteiger partial charge < -0.3 is 10.1 Å². The minimum absolute atomic E-state index is 0.117. The monoisotopic (exact) mass is 422 g/mol. The topological polar surface area (TPSA) is 103 Å². The van der Waals surface area contributed by atoms with Gasteiger partial charge in [-0.1, -0.05) is 61.9 Å². The summed E-state index contributed by atoms with van der Waals surface area (Å²) in [5.74, 6) is 1.49. The third-order valence-electron chi connectivity index (χ3n) is 5.07. The molecular formula is C22H23ClN6O. The molecule has 0 bridgehead atoms. The van der Waals surface area contributed by atoms with Gasteiger partial charge in [0.25, 0.3) is 0 Å². The van der Waals surface area contributed by atoms with Crippen molar-refractivity contribution < 1.29 is 5.11 Å². The number of nitrogens with one attached hydrogen (secondary N) is 2. The summed E-state index contributed by atoms with van der Waals surface area (Å²) in [4.78, 5) is 7.86. The quantitative estimate of drug-likeness (QED) is 0.365. The molecular weight excluding hydrogens is 400 g/mol. The van der Waals surface area contributed by atoms with E-state index in [1.165, 1.54) is 0 Å². The van der Waals surface area contributed by atoms with E-state index in [9.17, 15) is 5.11 Å². The summed E-state index contributed by atoms with van der Waals surface area (Å²) in [5, 5.41) is 23.5. The summed E-state index contributed by atoms with van der Waals surface area (Å²) in [6.45, 7) is 2.02. The number of benzene rings is 2. The van der Waals surface area contributed by atoms with Crippen molar-refractivity contribution in [2.45, 2.75) is 38.2 Å². The zero-order valence-electron chi connectivity index (χ0n) is 16.6. The SMILES string of the molecule is CCCCc1nc(C(Cl)c2ccc(-c3ccccc3-c3nnn[nH]3)cc2)c(CO)[nH]1. The van der Waals surface area contributed by atoms with E-state index in [1.54, 1.807) is 0 Å². The van der Waals surface area contributed by atoms with Crippen molar-refractivity contribution in [3.63, 3.8) is 0 Å². The van der Waals surface area contributed by atoms with Gasteiger partial charge in [-0.25, -0.2) is 10.1 Å². The number of aryl methyl sites for hydroxylation is 1. The summed E-state index contributed by atoms with van der Waals surface area (Å²) in [6.07, 6.45) is 2.97. The highest BCUT2D eigenvalue weighted by atomic mass is 35.5. The number of aromatic nitrogens is 6. The molecule has 0 fully saturated rings.